The zero-order valence-electron chi connectivity index (χ0n) is 17.2. The second-order valence-corrected chi connectivity index (χ2v) is 8.36. The molecule has 0 aliphatic carbocycles. The van der Waals surface area contributed by atoms with Crippen molar-refractivity contribution in [3.05, 3.63) is 47.5 Å². The van der Waals surface area contributed by atoms with E-state index >= 15 is 0 Å². The first-order valence-electron chi connectivity index (χ1n) is 9.67. The van der Waals surface area contributed by atoms with Gasteiger partial charge in [0.25, 0.3) is 0 Å². The molecule has 1 fully saturated rings. The molecule has 150 valence electrons. The van der Waals surface area contributed by atoms with Crippen molar-refractivity contribution in [1.82, 2.24) is 14.5 Å². The molecule has 1 aromatic carbocycles. The van der Waals surface area contributed by atoms with Gasteiger partial charge in [-0.25, -0.2) is 4.98 Å². The monoisotopic (exact) mass is 382 g/mol. The number of hydrogen-bond donors (Lipinski definition) is 2. The Balaban J connectivity index is 1.69. The Labute approximate surface area is 166 Å². The minimum atomic E-state index is -0.412. The molecule has 0 radical (unpaired) electrons. The van der Waals surface area contributed by atoms with Crippen molar-refractivity contribution < 1.29 is 4.79 Å². The highest BCUT2D eigenvalue weighted by Crippen LogP contribution is 2.32. The van der Waals surface area contributed by atoms with Gasteiger partial charge in [-0.3, -0.25) is 10.2 Å². The number of amidine groups is 1. The van der Waals surface area contributed by atoms with Crippen LogP contribution in [0.25, 0.3) is 0 Å². The number of primary amides is 1. The number of nitrogens with zero attached hydrogens (tertiary/aromatic N) is 4. The summed E-state index contributed by atoms with van der Waals surface area (Å²) in [6, 6.07) is 8.59. The lowest BCUT2D eigenvalue weighted by molar-refractivity contribution is -0.118. The molecule has 7 nitrogen and oxygen atoms in total. The lowest BCUT2D eigenvalue weighted by Crippen LogP contribution is -2.49. The summed E-state index contributed by atoms with van der Waals surface area (Å²) in [6.45, 7) is 11.9. The van der Waals surface area contributed by atoms with E-state index in [1.165, 1.54) is 11.3 Å². The number of benzene rings is 1. The quantitative estimate of drug-likeness (QED) is 0.626. The van der Waals surface area contributed by atoms with Gasteiger partial charge >= 0.3 is 0 Å². The van der Waals surface area contributed by atoms with Crippen molar-refractivity contribution >= 4 is 17.4 Å². The summed E-state index contributed by atoms with van der Waals surface area (Å²) in [7, 11) is 0. The smallest absolute Gasteiger partial charge is 0.237 e. The Morgan fingerprint density at radius 1 is 1.18 bits per heavy atom. The van der Waals surface area contributed by atoms with E-state index in [0.717, 1.165) is 26.2 Å². The Kier molecular flexibility index (Phi) is 5.45. The first-order valence-corrected chi connectivity index (χ1v) is 9.67. The molecule has 0 atom stereocenters. The standard InChI is InChI=1S/C21H30N6O/c1-15-24-17(13-27(15)14-19(22)28)20(23)26-11-9-25(10-12-26)18-8-6-5-7-16(18)21(2,3)4/h5-8,13,23H,9-12,14H2,1-4H3,(H2,22,28). The van der Waals surface area contributed by atoms with Crippen LogP contribution < -0.4 is 10.6 Å². The molecule has 0 unspecified atom stereocenters. The van der Waals surface area contributed by atoms with E-state index in [1.54, 1.807) is 10.8 Å². The van der Waals surface area contributed by atoms with Gasteiger partial charge in [0.1, 0.15) is 23.9 Å². The van der Waals surface area contributed by atoms with Crippen LogP contribution >= 0.6 is 0 Å². The summed E-state index contributed by atoms with van der Waals surface area (Å²) in [6.07, 6.45) is 1.74. The van der Waals surface area contributed by atoms with Crippen LogP contribution in [-0.2, 0) is 16.8 Å². The average Bonchev–Trinajstić information content (AvgIpc) is 3.00. The third-order valence-electron chi connectivity index (χ3n) is 5.19. The minimum absolute atomic E-state index is 0.0868. The molecule has 3 N–H and O–H groups in total. The highest BCUT2D eigenvalue weighted by molar-refractivity contribution is 5.94. The van der Waals surface area contributed by atoms with Crippen molar-refractivity contribution in [2.45, 2.75) is 39.7 Å². The molecule has 1 aliphatic heterocycles. The topological polar surface area (TPSA) is 91.2 Å². The van der Waals surface area contributed by atoms with E-state index in [9.17, 15) is 4.79 Å². The number of piperazine rings is 1. The maximum absolute atomic E-state index is 11.2. The first kappa shape index (κ1) is 19.9. The van der Waals surface area contributed by atoms with Gasteiger partial charge in [-0.15, -0.1) is 0 Å². The van der Waals surface area contributed by atoms with Gasteiger partial charge in [0.2, 0.25) is 5.91 Å². The second kappa shape index (κ2) is 7.66. The van der Waals surface area contributed by atoms with Gasteiger partial charge in [-0.05, 0) is 24.0 Å². The molecule has 0 spiro atoms. The van der Waals surface area contributed by atoms with Crippen LogP contribution in [0.2, 0.25) is 0 Å². The van der Waals surface area contributed by atoms with Gasteiger partial charge in [-0.1, -0.05) is 39.0 Å². The average molecular weight is 383 g/mol. The molecule has 3 rings (SSSR count). The second-order valence-electron chi connectivity index (χ2n) is 8.36. The Hall–Kier alpha value is -2.83. The fourth-order valence-electron chi connectivity index (χ4n) is 3.67. The number of carbonyl (C=O) groups is 1. The normalized spacial score (nSPS) is 15.0. The van der Waals surface area contributed by atoms with Gasteiger partial charge in [0.15, 0.2) is 0 Å². The van der Waals surface area contributed by atoms with Crippen molar-refractivity contribution in [3.8, 4) is 0 Å². The molecular formula is C21H30N6O. The number of nitrogens with two attached hydrogens (primary N) is 1. The van der Waals surface area contributed by atoms with Crippen molar-refractivity contribution in [3.63, 3.8) is 0 Å². The summed E-state index contributed by atoms with van der Waals surface area (Å²) in [5, 5.41) is 8.54. The zero-order valence-corrected chi connectivity index (χ0v) is 17.2. The molecule has 1 aliphatic rings. The number of rotatable bonds is 4. The summed E-state index contributed by atoms with van der Waals surface area (Å²) in [4.78, 5) is 20.1. The number of aromatic nitrogens is 2. The molecule has 2 heterocycles. The van der Waals surface area contributed by atoms with Gasteiger partial charge in [0, 0.05) is 38.1 Å². The summed E-state index contributed by atoms with van der Waals surface area (Å²) >= 11 is 0. The third kappa shape index (κ3) is 4.18. The van der Waals surface area contributed by atoms with Crippen molar-refractivity contribution in [2.75, 3.05) is 31.1 Å². The lowest BCUT2D eigenvalue weighted by atomic mass is 9.85. The maximum atomic E-state index is 11.2. The molecule has 1 aromatic heterocycles. The molecule has 1 saturated heterocycles. The van der Waals surface area contributed by atoms with Crippen LogP contribution in [0.1, 0.15) is 37.9 Å². The summed E-state index contributed by atoms with van der Waals surface area (Å²) < 4.78 is 1.70. The molecule has 1 amide bonds. The number of hydrogen-bond acceptors (Lipinski definition) is 4. The van der Waals surface area contributed by atoms with Gasteiger partial charge in [0.05, 0.1) is 0 Å². The minimum Gasteiger partial charge on any atom is -0.368 e. The van der Waals surface area contributed by atoms with Gasteiger partial charge in [-0.2, -0.15) is 0 Å². The summed E-state index contributed by atoms with van der Waals surface area (Å²) in [5.74, 6) is 0.677. The fourth-order valence-corrected chi connectivity index (χ4v) is 3.67. The Morgan fingerprint density at radius 3 is 2.43 bits per heavy atom. The number of amides is 1. The van der Waals surface area contributed by atoms with Crippen LogP contribution in [0, 0.1) is 12.3 Å². The highest BCUT2D eigenvalue weighted by atomic mass is 16.1. The number of carbonyl (C=O) groups excluding carboxylic acids is 1. The van der Waals surface area contributed by atoms with Crippen molar-refractivity contribution in [1.29, 1.82) is 5.41 Å². The lowest BCUT2D eigenvalue weighted by Gasteiger charge is -2.39. The number of nitrogens with one attached hydrogen (secondary N) is 1. The number of anilines is 1. The fraction of sp³-hybridized carbons (Fsp3) is 0.476. The molecule has 2 aromatic rings. The molecule has 0 saturated carbocycles. The van der Waals surface area contributed by atoms with E-state index in [-0.39, 0.29) is 12.0 Å². The van der Waals surface area contributed by atoms with E-state index in [4.69, 9.17) is 11.1 Å². The predicted molar refractivity (Wildman–Crippen MR) is 112 cm³/mol. The van der Waals surface area contributed by atoms with Crippen molar-refractivity contribution in [2.24, 2.45) is 5.73 Å². The van der Waals surface area contributed by atoms with Crippen LogP contribution in [0.5, 0.6) is 0 Å². The molecule has 0 bridgehead atoms. The predicted octanol–water partition coefficient (Wildman–Crippen LogP) is 2.12. The third-order valence-corrected chi connectivity index (χ3v) is 5.19. The zero-order chi connectivity index (χ0) is 20.5. The molecular weight excluding hydrogens is 352 g/mol. The number of para-hydroxylation sites is 1. The van der Waals surface area contributed by atoms with E-state index in [0.29, 0.717) is 17.4 Å². The van der Waals surface area contributed by atoms with E-state index < -0.39 is 5.91 Å². The van der Waals surface area contributed by atoms with Crippen LogP contribution in [-0.4, -0.2) is 52.4 Å². The van der Waals surface area contributed by atoms with Crippen LogP contribution in [0.15, 0.2) is 30.5 Å². The highest BCUT2D eigenvalue weighted by Gasteiger charge is 2.25. The van der Waals surface area contributed by atoms with E-state index in [2.05, 4.69) is 54.9 Å². The maximum Gasteiger partial charge on any atom is 0.237 e. The van der Waals surface area contributed by atoms with Crippen LogP contribution in [0.3, 0.4) is 0 Å². The SMILES string of the molecule is Cc1nc(C(=N)N2CCN(c3ccccc3C(C)(C)C)CC2)cn1CC(N)=O. The first-order chi connectivity index (χ1) is 13.2. The number of imidazole rings is 1. The van der Waals surface area contributed by atoms with Gasteiger partial charge < -0.3 is 20.1 Å². The molecule has 7 heteroatoms. The largest absolute Gasteiger partial charge is 0.368 e. The van der Waals surface area contributed by atoms with Crippen LogP contribution in [0.4, 0.5) is 5.69 Å². The molecule has 28 heavy (non-hydrogen) atoms. The summed E-state index contributed by atoms with van der Waals surface area (Å²) in [5.41, 5.74) is 8.58. The Morgan fingerprint density at radius 2 is 1.82 bits per heavy atom. The number of aryl methyl sites for hydroxylation is 1. The van der Waals surface area contributed by atoms with E-state index in [1.807, 2.05) is 11.8 Å². The Bertz CT molecular complexity index is 871.